The first kappa shape index (κ1) is 17.8. The Morgan fingerprint density at radius 2 is 2.09 bits per heavy atom. The summed E-state index contributed by atoms with van der Waals surface area (Å²) in [4.78, 5) is 14.4. The van der Waals surface area contributed by atoms with Crippen molar-refractivity contribution in [3.05, 3.63) is 35.9 Å². The van der Waals surface area contributed by atoms with Gasteiger partial charge in [-0.25, -0.2) is 4.79 Å². The highest BCUT2D eigenvalue weighted by Crippen LogP contribution is 2.19. The van der Waals surface area contributed by atoms with Crippen LogP contribution in [0.3, 0.4) is 0 Å². The highest BCUT2D eigenvalue weighted by Gasteiger charge is 2.24. The summed E-state index contributed by atoms with van der Waals surface area (Å²) in [6.07, 6.45) is 2.32. The summed E-state index contributed by atoms with van der Waals surface area (Å²) < 4.78 is 0. The summed E-state index contributed by atoms with van der Waals surface area (Å²) in [6.45, 7) is 8.12. The van der Waals surface area contributed by atoms with Crippen molar-refractivity contribution in [1.82, 2.24) is 15.5 Å². The van der Waals surface area contributed by atoms with Crippen LogP contribution in [0, 0.1) is 5.92 Å². The number of benzene rings is 1. The van der Waals surface area contributed by atoms with Crippen LogP contribution < -0.4 is 10.6 Å². The number of rotatable bonds is 7. The summed E-state index contributed by atoms with van der Waals surface area (Å²) >= 11 is 0. The molecule has 1 heterocycles. The van der Waals surface area contributed by atoms with E-state index in [9.17, 15) is 9.90 Å². The smallest absolute Gasteiger partial charge is 0.314 e. The molecule has 0 bridgehead atoms. The predicted octanol–water partition coefficient (Wildman–Crippen LogP) is 1.93. The van der Waals surface area contributed by atoms with Gasteiger partial charge in [0.05, 0.1) is 6.54 Å². The van der Waals surface area contributed by atoms with E-state index in [0.29, 0.717) is 12.5 Å². The Balaban J connectivity index is 1.69. The Morgan fingerprint density at radius 3 is 2.78 bits per heavy atom. The lowest BCUT2D eigenvalue weighted by Gasteiger charge is -2.24. The second kappa shape index (κ2) is 8.31. The zero-order valence-corrected chi connectivity index (χ0v) is 14.2. The van der Waals surface area contributed by atoms with Crippen LogP contribution in [0.15, 0.2) is 30.3 Å². The first-order valence-corrected chi connectivity index (χ1v) is 8.53. The summed E-state index contributed by atoms with van der Waals surface area (Å²) in [7, 11) is 0. The van der Waals surface area contributed by atoms with Crippen LogP contribution in [-0.4, -0.2) is 48.8 Å². The zero-order valence-electron chi connectivity index (χ0n) is 14.2. The monoisotopic (exact) mass is 319 g/mol. The number of hydrogen-bond donors (Lipinski definition) is 3. The van der Waals surface area contributed by atoms with E-state index >= 15 is 0 Å². The Bertz CT molecular complexity index is 490. The van der Waals surface area contributed by atoms with Gasteiger partial charge in [-0.2, -0.15) is 0 Å². The maximum Gasteiger partial charge on any atom is 0.314 e. The molecular weight excluding hydrogens is 290 g/mol. The Labute approximate surface area is 139 Å². The van der Waals surface area contributed by atoms with Crippen molar-refractivity contribution >= 4 is 6.03 Å². The third-order valence-electron chi connectivity index (χ3n) is 4.45. The van der Waals surface area contributed by atoms with Gasteiger partial charge in [0, 0.05) is 13.1 Å². The SMILES string of the molecule is CCCN1CCC(CNC(=O)NCC(C)(O)c2ccccc2)C1. The second-order valence-corrected chi connectivity index (χ2v) is 6.66. The van der Waals surface area contributed by atoms with Gasteiger partial charge < -0.3 is 20.6 Å². The van der Waals surface area contributed by atoms with Crippen LogP contribution in [0.5, 0.6) is 0 Å². The van der Waals surface area contributed by atoms with Crippen LogP contribution in [0.25, 0.3) is 0 Å². The maximum atomic E-state index is 11.9. The molecule has 5 nitrogen and oxygen atoms in total. The molecule has 1 aromatic carbocycles. The second-order valence-electron chi connectivity index (χ2n) is 6.66. The van der Waals surface area contributed by atoms with Crippen LogP contribution in [0.1, 0.15) is 32.3 Å². The fourth-order valence-corrected chi connectivity index (χ4v) is 3.05. The number of likely N-dealkylation sites (tertiary alicyclic amines) is 1. The lowest BCUT2D eigenvalue weighted by molar-refractivity contribution is 0.0593. The van der Waals surface area contributed by atoms with Gasteiger partial charge in [-0.05, 0) is 44.3 Å². The molecule has 1 aliphatic rings. The highest BCUT2D eigenvalue weighted by atomic mass is 16.3. The van der Waals surface area contributed by atoms with Gasteiger partial charge in [-0.3, -0.25) is 0 Å². The summed E-state index contributed by atoms with van der Waals surface area (Å²) in [5.74, 6) is 0.530. The Kier molecular flexibility index (Phi) is 6.42. The molecule has 0 radical (unpaired) electrons. The average molecular weight is 319 g/mol. The molecule has 23 heavy (non-hydrogen) atoms. The molecule has 1 fully saturated rings. The number of carbonyl (C=O) groups excluding carboxylic acids is 1. The quantitative estimate of drug-likeness (QED) is 0.719. The molecule has 3 N–H and O–H groups in total. The molecule has 0 saturated carbocycles. The number of nitrogens with one attached hydrogen (secondary N) is 2. The van der Waals surface area contributed by atoms with Gasteiger partial charge in [0.15, 0.2) is 0 Å². The fourth-order valence-electron chi connectivity index (χ4n) is 3.05. The number of hydrogen-bond acceptors (Lipinski definition) is 3. The van der Waals surface area contributed by atoms with Crippen molar-refractivity contribution in [3.63, 3.8) is 0 Å². The van der Waals surface area contributed by atoms with Crippen LogP contribution in [0.2, 0.25) is 0 Å². The third-order valence-corrected chi connectivity index (χ3v) is 4.45. The number of carbonyl (C=O) groups is 1. The molecule has 1 aliphatic heterocycles. The highest BCUT2D eigenvalue weighted by molar-refractivity contribution is 5.73. The van der Waals surface area contributed by atoms with E-state index in [0.717, 1.165) is 31.6 Å². The number of nitrogens with zero attached hydrogens (tertiary/aromatic N) is 1. The van der Waals surface area contributed by atoms with Crippen molar-refractivity contribution in [1.29, 1.82) is 0 Å². The van der Waals surface area contributed by atoms with Crippen molar-refractivity contribution in [2.24, 2.45) is 5.92 Å². The van der Waals surface area contributed by atoms with E-state index in [1.54, 1.807) is 6.92 Å². The van der Waals surface area contributed by atoms with Crippen molar-refractivity contribution < 1.29 is 9.90 Å². The van der Waals surface area contributed by atoms with Crippen LogP contribution in [-0.2, 0) is 5.60 Å². The Morgan fingerprint density at radius 1 is 1.35 bits per heavy atom. The van der Waals surface area contributed by atoms with Gasteiger partial charge in [0.25, 0.3) is 0 Å². The van der Waals surface area contributed by atoms with Gasteiger partial charge in [0.2, 0.25) is 0 Å². The molecule has 2 rings (SSSR count). The van der Waals surface area contributed by atoms with Crippen molar-refractivity contribution in [2.75, 3.05) is 32.7 Å². The molecular formula is C18H29N3O2. The summed E-state index contributed by atoms with van der Waals surface area (Å²) in [6, 6.07) is 9.18. The molecule has 2 unspecified atom stereocenters. The van der Waals surface area contributed by atoms with Gasteiger partial charge in [0.1, 0.15) is 5.60 Å². The number of urea groups is 1. The fraction of sp³-hybridized carbons (Fsp3) is 0.611. The zero-order chi connectivity index (χ0) is 16.7. The van der Waals surface area contributed by atoms with Crippen LogP contribution in [0.4, 0.5) is 4.79 Å². The predicted molar refractivity (Wildman–Crippen MR) is 92.3 cm³/mol. The first-order valence-electron chi connectivity index (χ1n) is 8.53. The standard InChI is InChI=1S/C18H29N3O2/c1-3-10-21-11-9-15(13-21)12-19-17(22)20-14-18(2,23)16-7-5-4-6-8-16/h4-8,15,23H,3,9-14H2,1-2H3,(H2,19,20,22). The van der Waals surface area contributed by atoms with Gasteiger partial charge in [-0.1, -0.05) is 37.3 Å². The van der Waals surface area contributed by atoms with E-state index < -0.39 is 5.60 Å². The molecule has 0 aromatic heterocycles. The van der Waals surface area contributed by atoms with Crippen molar-refractivity contribution in [3.8, 4) is 0 Å². The topological polar surface area (TPSA) is 64.6 Å². The minimum absolute atomic E-state index is 0.190. The Hall–Kier alpha value is -1.59. The summed E-state index contributed by atoms with van der Waals surface area (Å²) in [5.41, 5.74) is -0.268. The third kappa shape index (κ3) is 5.52. The molecule has 5 heteroatoms. The molecule has 1 aromatic rings. The molecule has 2 amide bonds. The minimum atomic E-state index is -1.07. The summed E-state index contributed by atoms with van der Waals surface area (Å²) in [5, 5.41) is 16.2. The van der Waals surface area contributed by atoms with Crippen LogP contribution >= 0.6 is 0 Å². The average Bonchev–Trinajstić information content (AvgIpc) is 3.00. The van der Waals surface area contributed by atoms with E-state index in [2.05, 4.69) is 22.5 Å². The molecule has 0 aliphatic carbocycles. The normalized spacial score (nSPS) is 20.9. The molecule has 1 saturated heterocycles. The van der Waals surface area contributed by atoms with Gasteiger partial charge in [-0.15, -0.1) is 0 Å². The van der Waals surface area contributed by atoms with E-state index in [-0.39, 0.29) is 12.6 Å². The minimum Gasteiger partial charge on any atom is -0.384 e. The van der Waals surface area contributed by atoms with E-state index in [1.807, 2.05) is 30.3 Å². The van der Waals surface area contributed by atoms with Crippen molar-refractivity contribution in [2.45, 2.75) is 32.3 Å². The molecule has 2 atom stereocenters. The first-order chi connectivity index (χ1) is 11.0. The molecule has 0 spiro atoms. The lowest BCUT2D eigenvalue weighted by Crippen LogP contribution is -2.44. The maximum absolute atomic E-state index is 11.9. The van der Waals surface area contributed by atoms with E-state index in [4.69, 9.17) is 0 Å². The lowest BCUT2D eigenvalue weighted by atomic mass is 9.96. The van der Waals surface area contributed by atoms with Gasteiger partial charge >= 0.3 is 6.03 Å². The number of aliphatic hydroxyl groups is 1. The molecule has 128 valence electrons. The number of amides is 2. The van der Waals surface area contributed by atoms with E-state index in [1.165, 1.54) is 6.42 Å². The largest absolute Gasteiger partial charge is 0.384 e.